The maximum Gasteiger partial charge on any atom is 0.338 e. The van der Waals surface area contributed by atoms with Crippen molar-refractivity contribution in [3.63, 3.8) is 0 Å². The van der Waals surface area contributed by atoms with Crippen LogP contribution in [0.4, 0.5) is 0 Å². The molecule has 0 aliphatic heterocycles. The second-order valence-corrected chi connectivity index (χ2v) is 5.91. The van der Waals surface area contributed by atoms with Gasteiger partial charge in [0, 0.05) is 11.9 Å². The molecule has 2 aromatic rings. The fourth-order valence-corrected chi connectivity index (χ4v) is 2.63. The Bertz CT molecular complexity index is 694. The number of benzene rings is 1. The summed E-state index contributed by atoms with van der Waals surface area (Å²) >= 11 is 0. The zero-order chi connectivity index (χ0) is 15.3. The molecule has 0 aliphatic carbocycles. The summed E-state index contributed by atoms with van der Waals surface area (Å²) in [6.07, 6.45) is 3.00. The number of esters is 1. The van der Waals surface area contributed by atoms with E-state index in [0.717, 1.165) is 0 Å². The van der Waals surface area contributed by atoms with Crippen molar-refractivity contribution in [1.29, 1.82) is 0 Å². The molecule has 112 valence electrons. The molecule has 0 saturated heterocycles. The van der Waals surface area contributed by atoms with Crippen molar-refractivity contribution in [2.45, 2.75) is 18.4 Å². The number of nitrogens with one attached hydrogen (secondary N) is 2. The fourth-order valence-electron chi connectivity index (χ4n) is 1.62. The maximum absolute atomic E-state index is 12.1. The van der Waals surface area contributed by atoms with Crippen LogP contribution in [0.5, 0.6) is 0 Å². The summed E-state index contributed by atoms with van der Waals surface area (Å²) in [5.41, 5.74) is 0.964. The third-order valence-electron chi connectivity index (χ3n) is 2.68. The van der Waals surface area contributed by atoms with E-state index in [1.165, 1.54) is 36.8 Å². The summed E-state index contributed by atoms with van der Waals surface area (Å²) in [7, 11) is -3.64. The van der Waals surface area contributed by atoms with Gasteiger partial charge in [0.1, 0.15) is 0 Å². The standard InChI is InChI=1S/C13H15N3O4S/c1-2-20-13(17)10-3-5-12(6-4-10)21(18,19)16-8-11-7-14-9-15-11/h3-7,9,16H,2,8H2,1H3,(H,14,15). The van der Waals surface area contributed by atoms with Crippen LogP contribution in [0.3, 0.4) is 0 Å². The molecule has 0 spiro atoms. The van der Waals surface area contributed by atoms with Crippen LogP contribution < -0.4 is 4.72 Å². The normalized spacial score (nSPS) is 11.3. The summed E-state index contributed by atoms with van der Waals surface area (Å²) in [4.78, 5) is 18.2. The van der Waals surface area contributed by atoms with Crippen LogP contribution in [-0.2, 0) is 21.3 Å². The van der Waals surface area contributed by atoms with Gasteiger partial charge in [-0.05, 0) is 31.2 Å². The van der Waals surface area contributed by atoms with Crippen molar-refractivity contribution in [1.82, 2.24) is 14.7 Å². The molecule has 0 aliphatic rings. The zero-order valence-electron chi connectivity index (χ0n) is 11.4. The average Bonchev–Trinajstić information content (AvgIpc) is 2.99. The molecule has 1 aromatic carbocycles. The van der Waals surface area contributed by atoms with E-state index in [9.17, 15) is 13.2 Å². The summed E-state index contributed by atoms with van der Waals surface area (Å²) in [5, 5.41) is 0. The van der Waals surface area contributed by atoms with Crippen molar-refractivity contribution in [3.05, 3.63) is 48.0 Å². The van der Waals surface area contributed by atoms with Gasteiger partial charge >= 0.3 is 5.97 Å². The van der Waals surface area contributed by atoms with Crippen LogP contribution >= 0.6 is 0 Å². The lowest BCUT2D eigenvalue weighted by atomic mass is 10.2. The van der Waals surface area contributed by atoms with Crippen molar-refractivity contribution < 1.29 is 17.9 Å². The minimum atomic E-state index is -3.64. The van der Waals surface area contributed by atoms with Gasteiger partial charge in [0.2, 0.25) is 10.0 Å². The third-order valence-corrected chi connectivity index (χ3v) is 4.10. The molecule has 8 heteroatoms. The van der Waals surface area contributed by atoms with Crippen molar-refractivity contribution in [3.8, 4) is 0 Å². The molecule has 2 rings (SSSR count). The number of carbonyl (C=O) groups is 1. The molecular weight excluding hydrogens is 294 g/mol. The number of sulfonamides is 1. The highest BCUT2D eigenvalue weighted by atomic mass is 32.2. The van der Waals surface area contributed by atoms with Crippen molar-refractivity contribution >= 4 is 16.0 Å². The molecule has 1 aromatic heterocycles. The molecule has 0 amide bonds. The number of rotatable bonds is 6. The molecule has 7 nitrogen and oxygen atoms in total. The van der Waals surface area contributed by atoms with Crippen LogP contribution in [0, 0.1) is 0 Å². The van der Waals surface area contributed by atoms with Gasteiger partial charge in [-0.2, -0.15) is 0 Å². The quantitative estimate of drug-likeness (QED) is 0.777. The van der Waals surface area contributed by atoms with E-state index in [1.807, 2.05) is 0 Å². The largest absolute Gasteiger partial charge is 0.462 e. The molecule has 0 fully saturated rings. The molecule has 0 atom stereocenters. The lowest BCUT2D eigenvalue weighted by Gasteiger charge is -2.06. The van der Waals surface area contributed by atoms with E-state index >= 15 is 0 Å². The van der Waals surface area contributed by atoms with Crippen LogP contribution in [0.15, 0.2) is 41.7 Å². The number of aromatic amines is 1. The summed E-state index contributed by atoms with van der Waals surface area (Å²) in [6, 6.07) is 5.56. The first-order valence-electron chi connectivity index (χ1n) is 6.27. The van der Waals surface area contributed by atoms with Gasteiger partial charge in [-0.25, -0.2) is 22.9 Å². The maximum atomic E-state index is 12.1. The number of hydrogen-bond donors (Lipinski definition) is 2. The molecule has 2 N–H and O–H groups in total. The molecule has 0 saturated carbocycles. The lowest BCUT2D eigenvalue weighted by molar-refractivity contribution is 0.0526. The Hall–Kier alpha value is -2.19. The number of hydrogen-bond acceptors (Lipinski definition) is 5. The Morgan fingerprint density at radius 3 is 2.62 bits per heavy atom. The monoisotopic (exact) mass is 309 g/mol. The van der Waals surface area contributed by atoms with E-state index in [-0.39, 0.29) is 18.0 Å². The van der Waals surface area contributed by atoms with E-state index in [0.29, 0.717) is 11.3 Å². The molecule has 1 heterocycles. The molecule has 0 unspecified atom stereocenters. The Morgan fingerprint density at radius 2 is 2.05 bits per heavy atom. The second kappa shape index (κ2) is 6.51. The highest BCUT2D eigenvalue weighted by molar-refractivity contribution is 7.89. The highest BCUT2D eigenvalue weighted by Crippen LogP contribution is 2.12. The summed E-state index contributed by atoms with van der Waals surface area (Å²) in [5.74, 6) is -0.480. The number of nitrogens with zero attached hydrogens (tertiary/aromatic N) is 1. The van der Waals surface area contributed by atoms with Crippen LogP contribution in [0.1, 0.15) is 23.0 Å². The Balaban J connectivity index is 2.08. The predicted octanol–water partition coefficient (Wildman–Crippen LogP) is 1.06. The van der Waals surface area contributed by atoms with Crippen molar-refractivity contribution in [2.24, 2.45) is 0 Å². The summed E-state index contributed by atoms with van der Waals surface area (Å²) < 4.78 is 31.4. The van der Waals surface area contributed by atoms with Gasteiger partial charge in [-0.15, -0.1) is 0 Å². The lowest BCUT2D eigenvalue weighted by Crippen LogP contribution is -2.23. The molecule has 21 heavy (non-hydrogen) atoms. The zero-order valence-corrected chi connectivity index (χ0v) is 12.2. The minimum Gasteiger partial charge on any atom is -0.462 e. The predicted molar refractivity (Wildman–Crippen MR) is 75.0 cm³/mol. The van der Waals surface area contributed by atoms with Gasteiger partial charge in [-0.3, -0.25) is 0 Å². The molecule has 0 radical (unpaired) electrons. The van der Waals surface area contributed by atoms with Gasteiger partial charge in [0.15, 0.2) is 0 Å². The van der Waals surface area contributed by atoms with Gasteiger partial charge in [0.25, 0.3) is 0 Å². The third kappa shape index (κ3) is 3.89. The van der Waals surface area contributed by atoms with Gasteiger partial charge in [0.05, 0.1) is 29.9 Å². The van der Waals surface area contributed by atoms with E-state index in [4.69, 9.17) is 4.74 Å². The number of imidazole rings is 1. The topological polar surface area (TPSA) is 101 Å². The van der Waals surface area contributed by atoms with Crippen molar-refractivity contribution in [2.75, 3.05) is 6.61 Å². The SMILES string of the molecule is CCOC(=O)c1ccc(S(=O)(=O)NCc2cnc[nH]2)cc1. The van der Waals surface area contributed by atoms with Crippen LogP contribution in [-0.4, -0.2) is 31.0 Å². The smallest absolute Gasteiger partial charge is 0.338 e. The van der Waals surface area contributed by atoms with E-state index < -0.39 is 16.0 Å². The molecular formula is C13H15N3O4S. The van der Waals surface area contributed by atoms with Gasteiger partial charge in [-0.1, -0.05) is 0 Å². The summed E-state index contributed by atoms with van der Waals surface area (Å²) in [6.45, 7) is 2.09. The van der Waals surface area contributed by atoms with Gasteiger partial charge < -0.3 is 9.72 Å². The highest BCUT2D eigenvalue weighted by Gasteiger charge is 2.15. The van der Waals surface area contributed by atoms with Crippen LogP contribution in [0.25, 0.3) is 0 Å². The van der Waals surface area contributed by atoms with E-state index in [1.54, 1.807) is 6.92 Å². The van der Waals surface area contributed by atoms with Crippen LogP contribution in [0.2, 0.25) is 0 Å². The first kappa shape index (κ1) is 15.2. The first-order chi connectivity index (χ1) is 10.0. The number of carbonyl (C=O) groups excluding carboxylic acids is 1. The number of H-pyrrole nitrogens is 1. The first-order valence-corrected chi connectivity index (χ1v) is 7.75. The average molecular weight is 309 g/mol. The minimum absolute atomic E-state index is 0.0788. The number of ether oxygens (including phenoxy) is 1. The van der Waals surface area contributed by atoms with E-state index in [2.05, 4.69) is 14.7 Å². The number of aromatic nitrogens is 2. The fraction of sp³-hybridized carbons (Fsp3) is 0.231. The Kier molecular flexibility index (Phi) is 4.71. The molecule has 0 bridgehead atoms. The Morgan fingerprint density at radius 1 is 1.33 bits per heavy atom. The Labute approximate surface area is 122 Å². The second-order valence-electron chi connectivity index (χ2n) is 4.15.